The lowest BCUT2D eigenvalue weighted by molar-refractivity contribution is -0.141. The maximum Gasteiger partial charge on any atom is 0.325 e. The summed E-state index contributed by atoms with van der Waals surface area (Å²) in [7, 11) is 1.52. The summed E-state index contributed by atoms with van der Waals surface area (Å²) in [4.78, 5) is 35.6. The van der Waals surface area contributed by atoms with Gasteiger partial charge in [0.25, 0.3) is 5.91 Å². The first-order valence-corrected chi connectivity index (χ1v) is 8.22. The number of carbonyl (C=O) groups excluding carboxylic acids is 3. The van der Waals surface area contributed by atoms with Crippen LogP contribution in [-0.4, -0.2) is 37.9 Å². The van der Waals surface area contributed by atoms with Gasteiger partial charge in [0.1, 0.15) is 12.3 Å². The molecule has 1 amide bonds. The molecule has 0 aliphatic rings. The number of benzene rings is 2. The third kappa shape index (κ3) is 5.47. The molecule has 0 heterocycles. The highest BCUT2D eigenvalue weighted by molar-refractivity contribution is 6.42. The second kappa shape index (κ2) is 9.22. The first-order chi connectivity index (χ1) is 12.4. The van der Waals surface area contributed by atoms with Crippen molar-refractivity contribution >= 4 is 40.9 Å². The lowest BCUT2D eigenvalue weighted by Gasteiger charge is -2.07. The summed E-state index contributed by atoms with van der Waals surface area (Å²) in [5.41, 5.74) is 0.639. The van der Waals surface area contributed by atoms with Crippen molar-refractivity contribution in [3.8, 4) is 5.75 Å². The largest absolute Gasteiger partial charge is 0.497 e. The lowest BCUT2D eigenvalue weighted by Crippen LogP contribution is -2.31. The molecule has 0 unspecified atom stereocenters. The minimum absolute atomic E-state index is 0.229. The second-order valence-electron chi connectivity index (χ2n) is 5.12. The van der Waals surface area contributed by atoms with Gasteiger partial charge in [0.15, 0.2) is 12.4 Å². The van der Waals surface area contributed by atoms with Crippen LogP contribution in [0.15, 0.2) is 42.5 Å². The number of hydrogen-bond acceptors (Lipinski definition) is 5. The molecule has 1 N–H and O–H groups in total. The van der Waals surface area contributed by atoms with E-state index >= 15 is 0 Å². The van der Waals surface area contributed by atoms with Crippen molar-refractivity contribution in [1.29, 1.82) is 0 Å². The molecule has 26 heavy (non-hydrogen) atoms. The van der Waals surface area contributed by atoms with Crippen LogP contribution in [0.3, 0.4) is 0 Å². The third-order valence-electron chi connectivity index (χ3n) is 3.35. The van der Waals surface area contributed by atoms with Gasteiger partial charge < -0.3 is 14.8 Å². The van der Waals surface area contributed by atoms with Crippen LogP contribution >= 0.6 is 23.2 Å². The van der Waals surface area contributed by atoms with Gasteiger partial charge >= 0.3 is 5.97 Å². The second-order valence-corrected chi connectivity index (χ2v) is 5.94. The highest BCUT2D eigenvalue weighted by Gasteiger charge is 2.13. The first kappa shape index (κ1) is 19.8. The first-order valence-electron chi connectivity index (χ1n) is 7.47. The number of methoxy groups -OCH3 is 1. The van der Waals surface area contributed by atoms with Gasteiger partial charge in [0.05, 0.1) is 17.2 Å². The molecule has 0 aliphatic heterocycles. The summed E-state index contributed by atoms with van der Waals surface area (Å²) in [6, 6.07) is 10.7. The maximum absolute atomic E-state index is 11.9. The Morgan fingerprint density at radius 2 is 1.62 bits per heavy atom. The Hall–Kier alpha value is -2.57. The van der Waals surface area contributed by atoms with E-state index in [4.69, 9.17) is 32.7 Å². The number of ketones is 1. The van der Waals surface area contributed by atoms with Gasteiger partial charge in [-0.25, -0.2) is 0 Å². The molecular weight excluding hydrogens is 381 g/mol. The van der Waals surface area contributed by atoms with E-state index in [2.05, 4.69) is 5.32 Å². The SMILES string of the molecule is COc1ccc(C(=O)COC(=O)CNC(=O)c2ccc(Cl)c(Cl)c2)cc1. The van der Waals surface area contributed by atoms with Crippen molar-refractivity contribution in [1.82, 2.24) is 5.32 Å². The number of hydrogen-bond donors (Lipinski definition) is 1. The molecule has 2 aromatic carbocycles. The van der Waals surface area contributed by atoms with Crippen molar-refractivity contribution in [2.24, 2.45) is 0 Å². The number of esters is 1. The Morgan fingerprint density at radius 1 is 0.962 bits per heavy atom. The Bertz CT molecular complexity index is 821. The van der Waals surface area contributed by atoms with Crippen molar-refractivity contribution in [2.75, 3.05) is 20.3 Å². The van der Waals surface area contributed by atoms with Crippen LogP contribution in [0.1, 0.15) is 20.7 Å². The molecule has 2 aromatic rings. The standard InChI is InChI=1S/C18H15Cl2NO5/c1-25-13-5-2-11(3-6-13)16(22)10-26-17(23)9-21-18(24)12-4-7-14(19)15(20)8-12/h2-8H,9-10H2,1H3,(H,21,24). The van der Waals surface area contributed by atoms with E-state index < -0.39 is 18.5 Å². The van der Waals surface area contributed by atoms with Gasteiger partial charge in [-0.3, -0.25) is 14.4 Å². The third-order valence-corrected chi connectivity index (χ3v) is 4.09. The number of amides is 1. The molecule has 0 aromatic heterocycles. The molecule has 0 fully saturated rings. The Balaban J connectivity index is 1.79. The molecule has 136 valence electrons. The van der Waals surface area contributed by atoms with E-state index in [1.165, 1.54) is 25.3 Å². The zero-order chi connectivity index (χ0) is 19.1. The van der Waals surface area contributed by atoms with E-state index in [-0.39, 0.29) is 22.9 Å². The minimum atomic E-state index is -0.736. The Labute approximate surface area is 160 Å². The average Bonchev–Trinajstić information content (AvgIpc) is 2.66. The fraction of sp³-hybridized carbons (Fsp3) is 0.167. The molecule has 0 aliphatic carbocycles. The van der Waals surface area contributed by atoms with Crippen molar-refractivity contribution in [2.45, 2.75) is 0 Å². The van der Waals surface area contributed by atoms with Crippen LogP contribution in [0, 0.1) is 0 Å². The van der Waals surface area contributed by atoms with E-state index in [9.17, 15) is 14.4 Å². The number of Topliss-reactive ketones (excluding diaryl/α,β-unsaturated/α-hetero) is 1. The number of carbonyl (C=O) groups is 3. The van der Waals surface area contributed by atoms with Crippen LogP contribution in [0.4, 0.5) is 0 Å². The summed E-state index contributed by atoms with van der Waals surface area (Å²) < 4.78 is 9.86. The average molecular weight is 396 g/mol. The van der Waals surface area contributed by atoms with E-state index in [0.29, 0.717) is 16.3 Å². The molecule has 2 rings (SSSR count). The van der Waals surface area contributed by atoms with E-state index in [1.807, 2.05) is 0 Å². The predicted molar refractivity (Wildman–Crippen MR) is 97.1 cm³/mol. The minimum Gasteiger partial charge on any atom is -0.497 e. The molecule has 8 heteroatoms. The summed E-state index contributed by atoms with van der Waals surface area (Å²) in [6.07, 6.45) is 0. The zero-order valence-electron chi connectivity index (χ0n) is 13.8. The highest BCUT2D eigenvalue weighted by Crippen LogP contribution is 2.22. The summed E-state index contributed by atoms with van der Waals surface area (Å²) in [6.45, 7) is -0.803. The van der Waals surface area contributed by atoms with Gasteiger partial charge in [0.2, 0.25) is 0 Å². The van der Waals surface area contributed by atoms with Gasteiger partial charge in [-0.05, 0) is 42.5 Å². The van der Waals surface area contributed by atoms with E-state index in [1.54, 1.807) is 24.3 Å². The fourth-order valence-electron chi connectivity index (χ4n) is 1.95. The van der Waals surface area contributed by atoms with Gasteiger partial charge in [-0.1, -0.05) is 23.2 Å². The fourth-order valence-corrected chi connectivity index (χ4v) is 2.25. The van der Waals surface area contributed by atoms with Crippen molar-refractivity contribution in [3.63, 3.8) is 0 Å². The van der Waals surface area contributed by atoms with Crippen LogP contribution in [0.25, 0.3) is 0 Å². The highest BCUT2D eigenvalue weighted by atomic mass is 35.5. The lowest BCUT2D eigenvalue weighted by atomic mass is 10.1. The molecule has 0 saturated heterocycles. The van der Waals surface area contributed by atoms with Gasteiger partial charge in [0, 0.05) is 11.1 Å². The number of rotatable bonds is 7. The summed E-state index contributed by atoms with van der Waals surface area (Å²) in [5.74, 6) is -0.998. The smallest absolute Gasteiger partial charge is 0.325 e. The molecule has 0 radical (unpaired) electrons. The van der Waals surface area contributed by atoms with Crippen LogP contribution in [0.5, 0.6) is 5.75 Å². The zero-order valence-corrected chi connectivity index (χ0v) is 15.3. The van der Waals surface area contributed by atoms with Gasteiger partial charge in [-0.15, -0.1) is 0 Å². The quantitative estimate of drug-likeness (QED) is 0.575. The van der Waals surface area contributed by atoms with Crippen LogP contribution in [0.2, 0.25) is 10.0 Å². The normalized spacial score (nSPS) is 10.1. The number of nitrogens with one attached hydrogen (secondary N) is 1. The summed E-state index contributed by atoms with van der Waals surface area (Å²) >= 11 is 11.6. The molecule has 0 spiro atoms. The predicted octanol–water partition coefficient (Wildman–Crippen LogP) is 3.16. The Kier molecular flexibility index (Phi) is 7.00. The van der Waals surface area contributed by atoms with E-state index in [0.717, 1.165) is 0 Å². The maximum atomic E-state index is 11.9. The Morgan fingerprint density at radius 3 is 2.23 bits per heavy atom. The van der Waals surface area contributed by atoms with Crippen LogP contribution < -0.4 is 10.1 Å². The van der Waals surface area contributed by atoms with Crippen molar-refractivity contribution in [3.05, 3.63) is 63.6 Å². The topological polar surface area (TPSA) is 81.7 Å². The molecule has 0 atom stereocenters. The van der Waals surface area contributed by atoms with Crippen molar-refractivity contribution < 1.29 is 23.9 Å². The monoisotopic (exact) mass is 395 g/mol. The number of ether oxygens (including phenoxy) is 2. The molecular formula is C18H15Cl2NO5. The van der Waals surface area contributed by atoms with Crippen LogP contribution in [-0.2, 0) is 9.53 Å². The summed E-state index contributed by atoms with van der Waals surface area (Å²) in [5, 5.41) is 2.93. The molecule has 0 saturated carbocycles. The van der Waals surface area contributed by atoms with Gasteiger partial charge in [-0.2, -0.15) is 0 Å². The molecule has 6 nitrogen and oxygen atoms in total. The molecule has 0 bridgehead atoms. The number of halogens is 2.